The van der Waals surface area contributed by atoms with E-state index in [2.05, 4.69) is 5.32 Å². The normalized spacial score (nSPS) is 12.1. The van der Waals surface area contributed by atoms with Crippen LogP contribution in [0, 0.1) is 5.82 Å². The molecule has 0 aliphatic heterocycles. The Bertz CT molecular complexity index is 844. The van der Waals surface area contributed by atoms with Gasteiger partial charge in [-0.05, 0) is 30.5 Å². The molecule has 1 N–H and O–H groups in total. The summed E-state index contributed by atoms with van der Waals surface area (Å²) in [6.45, 7) is 1.78. The molecule has 2 nitrogen and oxygen atoms in total. The van der Waals surface area contributed by atoms with Crippen LogP contribution in [0.25, 0.3) is 10.8 Å². The largest absolute Gasteiger partial charge is 0.325 e. The van der Waals surface area contributed by atoms with Gasteiger partial charge in [-0.2, -0.15) is 0 Å². The zero-order valence-corrected chi connectivity index (χ0v) is 13.4. The van der Waals surface area contributed by atoms with Crippen molar-refractivity contribution in [3.63, 3.8) is 0 Å². The molecule has 0 saturated carbocycles. The van der Waals surface area contributed by atoms with E-state index in [-0.39, 0.29) is 11.7 Å². The summed E-state index contributed by atoms with van der Waals surface area (Å²) in [6.07, 6.45) is 0. The quantitative estimate of drug-likeness (QED) is 0.676. The van der Waals surface area contributed by atoms with E-state index in [0.717, 1.165) is 16.5 Å². The maximum atomic E-state index is 13.7. The Balaban J connectivity index is 1.77. The number of hydrogen-bond donors (Lipinski definition) is 1. The van der Waals surface area contributed by atoms with E-state index in [1.807, 2.05) is 42.5 Å². The molecule has 0 aromatic heterocycles. The van der Waals surface area contributed by atoms with Gasteiger partial charge in [-0.1, -0.05) is 48.5 Å². The van der Waals surface area contributed by atoms with E-state index in [9.17, 15) is 9.18 Å². The molecule has 0 bridgehead atoms. The van der Waals surface area contributed by atoms with Gasteiger partial charge in [0.25, 0.3) is 0 Å². The van der Waals surface area contributed by atoms with Crippen molar-refractivity contribution < 1.29 is 9.18 Å². The summed E-state index contributed by atoms with van der Waals surface area (Å²) in [5, 5.41) is 4.61. The zero-order chi connectivity index (χ0) is 16.2. The first-order chi connectivity index (χ1) is 11.1. The number of carbonyl (C=O) groups is 1. The average molecular weight is 325 g/mol. The molecule has 23 heavy (non-hydrogen) atoms. The van der Waals surface area contributed by atoms with Crippen molar-refractivity contribution >= 4 is 34.1 Å². The third-order valence-corrected chi connectivity index (χ3v) is 4.71. The van der Waals surface area contributed by atoms with Crippen LogP contribution >= 0.6 is 11.8 Å². The lowest BCUT2D eigenvalue weighted by molar-refractivity contribution is -0.115. The predicted molar refractivity (Wildman–Crippen MR) is 94.3 cm³/mol. The highest BCUT2D eigenvalue weighted by Crippen LogP contribution is 2.28. The van der Waals surface area contributed by atoms with E-state index < -0.39 is 5.25 Å². The van der Waals surface area contributed by atoms with Crippen molar-refractivity contribution in [1.29, 1.82) is 0 Å². The molecular formula is C19H16FNOS. The third kappa shape index (κ3) is 3.54. The molecule has 116 valence electrons. The number of halogens is 1. The highest BCUT2D eigenvalue weighted by atomic mass is 32.2. The number of amides is 1. The Morgan fingerprint density at radius 3 is 2.52 bits per heavy atom. The van der Waals surface area contributed by atoms with Gasteiger partial charge >= 0.3 is 0 Å². The lowest BCUT2D eigenvalue weighted by Crippen LogP contribution is -2.22. The number of hydrogen-bond acceptors (Lipinski definition) is 2. The second kappa shape index (κ2) is 6.84. The molecule has 0 radical (unpaired) electrons. The van der Waals surface area contributed by atoms with Gasteiger partial charge in [-0.15, -0.1) is 11.8 Å². The topological polar surface area (TPSA) is 29.1 Å². The minimum absolute atomic E-state index is 0.144. The average Bonchev–Trinajstić information content (AvgIpc) is 2.57. The summed E-state index contributed by atoms with van der Waals surface area (Å²) in [5.74, 6) is -0.447. The highest BCUT2D eigenvalue weighted by Gasteiger charge is 2.17. The van der Waals surface area contributed by atoms with Crippen LogP contribution in [0.3, 0.4) is 0 Å². The number of anilines is 1. The molecule has 0 spiro atoms. The van der Waals surface area contributed by atoms with E-state index >= 15 is 0 Å². The molecule has 1 atom stereocenters. The number of rotatable bonds is 4. The zero-order valence-electron chi connectivity index (χ0n) is 12.6. The summed E-state index contributed by atoms with van der Waals surface area (Å²) in [7, 11) is 0. The van der Waals surface area contributed by atoms with E-state index in [4.69, 9.17) is 0 Å². The van der Waals surface area contributed by atoms with Crippen LogP contribution in [0.5, 0.6) is 0 Å². The molecule has 3 rings (SSSR count). The standard InChI is InChI=1S/C19H16FNOS/c1-13(23-18-12-5-4-10-16(18)20)19(22)21-17-11-6-8-14-7-2-3-9-15(14)17/h2-13H,1H3,(H,21,22)/t13-/m0/s1. The lowest BCUT2D eigenvalue weighted by atomic mass is 10.1. The number of fused-ring (bicyclic) bond motifs is 1. The summed E-state index contributed by atoms with van der Waals surface area (Å²) in [5.41, 5.74) is 0.772. The predicted octanol–water partition coefficient (Wildman–Crippen LogP) is 5.10. The molecule has 0 unspecified atom stereocenters. The van der Waals surface area contributed by atoms with Crippen molar-refractivity contribution in [1.82, 2.24) is 0 Å². The number of carbonyl (C=O) groups excluding carboxylic acids is 1. The van der Waals surface area contributed by atoms with Crippen molar-refractivity contribution in [3.05, 3.63) is 72.5 Å². The summed E-state index contributed by atoms with van der Waals surface area (Å²) in [4.78, 5) is 12.9. The van der Waals surface area contributed by atoms with Crippen LogP contribution in [-0.2, 0) is 4.79 Å². The van der Waals surface area contributed by atoms with Gasteiger partial charge in [-0.3, -0.25) is 4.79 Å². The van der Waals surface area contributed by atoms with Crippen LogP contribution in [-0.4, -0.2) is 11.2 Å². The molecule has 0 aliphatic rings. The Labute approximate surface area is 138 Å². The minimum atomic E-state index is -0.397. The van der Waals surface area contributed by atoms with E-state index in [0.29, 0.717) is 4.90 Å². The maximum absolute atomic E-state index is 13.7. The Hall–Kier alpha value is -2.33. The molecule has 4 heteroatoms. The molecule has 0 heterocycles. The molecule has 3 aromatic rings. The van der Waals surface area contributed by atoms with Gasteiger partial charge in [-0.25, -0.2) is 4.39 Å². The molecule has 0 aliphatic carbocycles. The fourth-order valence-corrected chi connectivity index (χ4v) is 3.24. The van der Waals surface area contributed by atoms with Crippen molar-refractivity contribution in [2.75, 3.05) is 5.32 Å². The van der Waals surface area contributed by atoms with Gasteiger partial charge in [0.15, 0.2) is 0 Å². The summed E-state index contributed by atoms with van der Waals surface area (Å²) < 4.78 is 13.7. The molecule has 0 saturated heterocycles. The van der Waals surface area contributed by atoms with Crippen molar-refractivity contribution in [2.24, 2.45) is 0 Å². The van der Waals surface area contributed by atoms with E-state index in [1.54, 1.807) is 25.1 Å². The smallest absolute Gasteiger partial charge is 0.237 e. The van der Waals surface area contributed by atoms with Crippen LogP contribution in [0.2, 0.25) is 0 Å². The summed E-state index contributed by atoms with van der Waals surface area (Å²) >= 11 is 1.22. The Morgan fingerprint density at radius 1 is 1.00 bits per heavy atom. The first-order valence-corrected chi connectivity index (χ1v) is 8.23. The SMILES string of the molecule is C[C@H](Sc1ccccc1F)C(=O)Nc1cccc2ccccc12. The van der Waals surface area contributed by atoms with Gasteiger partial charge in [0.05, 0.1) is 5.25 Å². The second-order valence-corrected chi connectivity index (χ2v) is 6.59. The van der Waals surface area contributed by atoms with Gasteiger partial charge in [0.2, 0.25) is 5.91 Å². The summed E-state index contributed by atoms with van der Waals surface area (Å²) in [6, 6.07) is 20.2. The van der Waals surface area contributed by atoms with Gasteiger partial charge in [0, 0.05) is 16.0 Å². The monoisotopic (exact) mass is 325 g/mol. The highest BCUT2D eigenvalue weighted by molar-refractivity contribution is 8.00. The second-order valence-electron chi connectivity index (χ2n) is 5.21. The number of benzene rings is 3. The van der Waals surface area contributed by atoms with Crippen molar-refractivity contribution in [3.8, 4) is 0 Å². The Kier molecular flexibility index (Phi) is 4.63. The minimum Gasteiger partial charge on any atom is -0.325 e. The third-order valence-electron chi connectivity index (χ3n) is 3.56. The Morgan fingerprint density at radius 2 is 1.70 bits per heavy atom. The van der Waals surface area contributed by atoms with Crippen LogP contribution in [0.1, 0.15) is 6.92 Å². The van der Waals surface area contributed by atoms with Crippen LogP contribution < -0.4 is 5.32 Å². The molecule has 0 fully saturated rings. The maximum Gasteiger partial charge on any atom is 0.237 e. The van der Waals surface area contributed by atoms with Crippen LogP contribution in [0.15, 0.2) is 71.6 Å². The van der Waals surface area contributed by atoms with Crippen molar-refractivity contribution in [2.45, 2.75) is 17.1 Å². The first-order valence-electron chi connectivity index (χ1n) is 7.35. The van der Waals surface area contributed by atoms with Gasteiger partial charge in [0.1, 0.15) is 5.82 Å². The molecule has 1 amide bonds. The lowest BCUT2D eigenvalue weighted by Gasteiger charge is -2.14. The van der Waals surface area contributed by atoms with Gasteiger partial charge < -0.3 is 5.32 Å². The number of thioether (sulfide) groups is 1. The fourth-order valence-electron chi connectivity index (χ4n) is 2.35. The molecule has 3 aromatic carbocycles. The number of nitrogens with one attached hydrogen (secondary N) is 1. The molecular weight excluding hydrogens is 309 g/mol. The van der Waals surface area contributed by atoms with E-state index in [1.165, 1.54) is 17.8 Å². The fraction of sp³-hybridized carbons (Fsp3) is 0.105. The first kappa shape index (κ1) is 15.6. The van der Waals surface area contributed by atoms with Crippen LogP contribution in [0.4, 0.5) is 10.1 Å².